The second-order valence-electron chi connectivity index (χ2n) is 8.94. The standard InChI is InChI=1S/C24H49NO6.CH4O4S/c1-3-4-5-6-7-8-9-10-11-23(20-22(2)31-19-18-30-17-14-26)21-25-13-16-29-15-12-24(27)28;1-5-6(2,3)4/h22-23,25-26H,3-21H2,1-2H3,(H,27,28);1H3,(H,2,3,4). The number of nitrogens with one attached hydrogen (secondary N) is 1. The van der Waals surface area contributed by atoms with Crippen molar-refractivity contribution in [2.24, 2.45) is 5.92 Å². The van der Waals surface area contributed by atoms with E-state index < -0.39 is 16.4 Å². The van der Waals surface area contributed by atoms with Crippen LogP contribution in [0.5, 0.6) is 0 Å². The summed E-state index contributed by atoms with van der Waals surface area (Å²) in [5.74, 6) is -0.276. The summed E-state index contributed by atoms with van der Waals surface area (Å²) in [6.45, 7) is 8.29. The van der Waals surface area contributed by atoms with E-state index in [-0.39, 0.29) is 25.7 Å². The van der Waals surface area contributed by atoms with Gasteiger partial charge in [-0.05, 0) is 32.2 Å². The minimum Gasteiger partial charge on any atom is -0.481 e. The summed E-state index contributed by atoms with van der Waals surface area (Å²) in [7, 11) is -3.29. The van der Waals surface area contributed by atoms with Crippen molar-refractivity contribution in [2.45, 2.75) is 90.6 Å². The number of carbonyl (C=O) groups is 1. The number of unbranched alkanes of at least 4 members (excludes halogenated alkanes) is 7. The third kappa shape index (κ3) is 35.1. The van der Waals surface area contributed by atoms with Crippen molar-refractivity contribution in [3.8, 4) is 0 Å². The molecule has 0 rings (SSSR count). The van der Waals surface area contributed by atoms with Gasteiger partial charge in [0.1, 0.15) is 0 Å². The highest BCUT2D eigenvalue weighted by molar-refractivity contribution is 7.80. The van der Waals surface area contributed by atoms with Crippen LogP contribution in [-0.2, 0) is 33.6 Å². The third-order valence-electron chi connectivity index (χ3n) is 5.52. The Morgan fingerprint density at radius 2 is 1.51 bits per heavy atom. The molecule has 12 heteroatoms. The minimum atomic E-state index is -4.16. The van der Waals surface area contributed by atoms with Gasteiger partial charge in [-0.15, -0.1) is 0 Å². The Labute approximate surface area is 224 Å². The van der Waals surface area contributed by atoms with Crippen molar-refractivity contribution >= 4 is 16.4 Å². The van der Waals surface area contributed by atoms with Gasteiger partial charge in [0.2, 0.25) is 0 Å². The molecule has 0 heterocycles. The lowest BCUT2D eigenvalue weighted by atomic mass is 9.94. The maximum atomic E-state index is 10.5. The number of aliphatic carboxylic acids is 1. The quantitative estimate of drug-likeness (QED) is 0.0907. The largest absolute Gasteiger partial charge is 0.481 e. The van der Waals surface area contributed by atoms with Crippen molar-refractivity contribution in [3.05, 3.63) is 0 Å². The molecule has 0 spiro atoms. The van der Waals surface area contributed by atoms with Gasteiger partial charge in [-0.3, -0.25) is 13.5 Å². The Morgan fingerprint density at radius 3 is 2.08 bits per heavy atom. The van der Waals surface area contributed by atoms with Gasteiger partial charge in [0, 0.05) is 6.54 Å². The second-order valence-corrected chi connectivity index (χ2v) is 10.1. The van der Waals surface area contributed by atoms with Gasteiger partial charge in [0.15, 0.2) is 0 Å². The van der Waals surface area contributed by atoms with Gasteiger partial charge in [-0.25, -0.2) is 0 Å². The molecule has 0 radical (unpaired) electrons. The summed E-state index contributed by atoms with van der Waals surface area (Å²) < 4.78 is 46.2. The molecule has 37 heavy (non-hydrogen) atoms. The molecule has 11 nitrogen and oxygen atoms in total. The smallest absolute Gasteiger partial charge is 0.397 e. The number of aliphatic hydroxyl groups is 1. The van der Waals surface area contributed by atoms with Crippen LogP contribution in [0.3, 0.4) is 0 Å². The fraction of sp³-hybridized carbons (Fsp3) is 0.960. The number of carboxylic acids is 1. The molecule has 0 aliphatic rings. The topological polar surface area (TPSA) is 161 Å². The average molecular weight is 560 g/mol. The molecule has 0 fully saturated rings. The molecule has 0 bridgehead atoms. The molecule has 0 aliphatic heterocycles. The Bertz CT molecular complexity index is 592. The SMILES string of the molecule is CCCCCCCCCCC(CNCCOCCC(=O)O)CC(C)OCCOCCO.COS(=O)(=O)O. The molecule has 0 saturated carbocycles. The Kier molecular flexibility index (Phi) is 29.1. The fourth-order valence-electron chi connectivity index (χ4n) is 3.59. The average Bonchev–Trinajstić information content (AvgIpc) is 2.84. The molecule has 2 atom stereocenters. The van der Waals surface area contributed by atoms with Crippen molar-refractivity contribution in [1.29, 1.82) is 0 Å². The van der Waals surface area contributed by atoms with Crippen LogP contribution in [0, 0.1) is 5.92 Å². The molecule has 0 aromatic carbocycles. The highest BCUT2D eigenvalue weighted by Gasteiger charge is 2.14. The van der Waals surface area contributed by atoms with Crippen molar-refractivity contribution in [1.82, 2.24) is 5.32 Å². The molecule has 0 aromatic heterocycles. The zero-order valence-electron chi connectivity index (χ0n) is 23.2. The van der Waals surface area contributed by atoms with Crippen molar-refractivity contribution < 1.29 is 46.4 Å². The lowest BCUT2D eigenvalue weighted by Crippen LogP contribution is -2.29. The van der Waals surface area contributed by atoms with Gasteiger partial charge in [0.05, 0.1) is 59.3 Å². The zero-order chi connectivity index (χ0) is 28.2. The third-order valence-corrected chi connectivity index (χ3v) is 5.95. The maximum Gasteiger partial charge on any atom is 0.397 e. The van der Waals surface area contributed by atoms with Crippen molar-refractivity contribution in [3.63, 3.8) is 0 Å². The zero-order valence-corrected chi connectivity index (χ0v) is 24.0. The highest BCUT2D eigenvalue weighted by Crippen LogP contribution is 2.18. The second kappa shape index (κ2) is 28.2. The van der Waals surface area contributed by atoms with Crippen LogP contribution < -0.4 is 5.32 Å². The van der Waals surface area contributed by atoms with Crippen LogP contribution in [0.25, 0.3) is 0 Å². The van der Waals surface area contributed by atoms with Gasteiger partial charge >= 0.3 is 16.4 Å². The van der Waals surface area contributed by atoms with Gasteiger partial charge in [0.25, 0.3) is 0 Å². The van der Waals surface area contributed by atoms with E-state index in [4.69, 9.17) is 29.0 Å². The van der Waals surface area contributed by atoms with Gasteiger partial charge in [-0.2, -0.15) is 8.42 Å². The molecular formula is C25H53NO10S. The number of hydrogen-bond donors (Lipinski definition) is 4. The molecule has 0 amide bonds. The number of carboxylic acid groups (broad SMARTS) is 1. The lowest BCUT2D eigenvalue weighted by Gasteiger charge is -2.22. The molecule has 0 aliphatic carbocycles. The first kappa shape index (κ1) is 38.3. The number of aliphatic hydroxyl groups excluding tert-OH is 1. The van der Waals surface area contributed by atoms with E-state index >= 15 is 0 Å². The summed E-state index contributed by atoms with van der Waals surface area (Å²) in [5.41, 5.74) is 0. The first-order valence-electron chi connectivity index (χ1n) is 13.5. The monoisotopic (exact) mass is 559 g/mol. The normalized spacial score (nSPS) is 13.1. The van der Waals surface area contributed by atoms with Crippen LogP contribution in [0.15, 0.2) is 0 Å². The summed E-state index contributed by atoms with van der Waals surface area (Å²) >= 11 is 0. The highest BCUT2D eigenvalue weighted by atomic mass is 32.3. The van der Waals surface area contributed by atoms with Crippen LogP contribution >= 0.6 is 0 Å². The minimum absolute atomic E-state index is 0.0436. The van der Waals surface area contributed by atoms with E-state index in [0.717, 1.165) is 26.6 Å². The Morgan fingerprint density at radius 1 is 0.919 bits per heavy atom. The summed E-state index contributed by atoms with van der Waals surface area (Å²) in [4.78, 5) is 10.5. The van der Waals surface area contributed by atoms with E-state index in [9.17, 15) is 13.2 Å². The summed E-state index contributed by atoms with van der Waals surface area (Å²) in [6, 6.07) is 0. The van der Waals surface area contributed by atoms with Gasteiger partial charge < -0.3 is 29.7 Å². The molecule has 4 N–H and O–H groups in total. The lowest BCUT2D eigenvalue weighted by molar-refractivity contribution is -0.138. The summed E-state index contributed by atoms with van der Waals surface area (Å²) in [5, 5.41) is 20.8. The van der Waals surface area contributed by atoms with Crippen LogP contribution in [0.4, 0.5) is 0 Å². The van der Waals surface area contributed by atoms with Crippen LogP contribution in [-0.4, -0.2) is 95.1 Å². The van der Waals surface area contributed by atoms with Crippen LogP contribution in [0.1, 0.15) is 84.5 Å². The van der Waals surface area contributed by atoms with E-state index in [0.29, 0.717) is 32.3 Å². The Hall–Kier alpha value is -0.860. The van der Waals surface area contributed by atoms with E-state index in [1.807, 2.05) is 0 Å². The van der Waals surface area contributed by atoms with E-state index in [1.165, 1.54) is 57.8 Å². The van der Waals surface area contributed by atoms with E-state index in [1.54, 1.807) is 0 Å². The Balaban J connectivity index is 0. The first-order valence-corrected chi connectivity index (χ1v) is 14.9. The molecular weight excluding hydrogens is 506 g/mol. The molecule has 0 aromatic rings. The molecule has 0 saturated heterocycles. The fourth-order valence-corrected chi connectivity index (χ4v) is 3.59. The maximum absolute atomic E-state index is 10.5. The number of ether oxygens (including phenoxy) is 3. The van der Waals surface area contributed by atoms with Gasteiger partial charge in [-0.1, -0.05) is 58.3 Å². The number of hydrogen-bond acceptors (Lipinski definition) is 9. The van der Waals surface area contributed by atoms with E-state index in [2.05, 4.69) is 23.3 Å². The molecule has 2 unspecified atom stereocenters. The molecule has 224 valence electrons. The van der Waals surface area contributed by atoms with Crippen molar-refractivity contribution in [2.75, 3.05) is 59.8 Å². The first-order chi connectivity index (χ1) is 17.7. The predicted octanol–water partition coefficient (Wildman–Crippen LogP) is 3.45. The number of rotatable bonds is 26. The van der Waals surface area contributed by atoms with Crippen LogP contribution in [0.2, 0.25) is 0 Å². The predicted molar refractivity (Wildman–Crippen MR) is 143 cm³/mol. The summed E-state index contributed by atoms with van der Waals surface area (Å²) in [6.07, 6.45) is 13.0.